The third kappa shape index (κ3) is 2.74. The second-order valence-electron chi connectivity index (χ2n) is 7.64. The predicted octanol–water partition coefficient (Wildman–Crippen LogP) is 4.10. The Morgan fingerprint density at radius 3 is 2.64 bits per heavy atom. The molecule has 1 fully saturated rings. The van der Waals surface area contributed by atoms with Gasteiger partial charge in [-0.1, -0.05) is 55.0 Å². The molecular formula is C23H22N4O. The molecule has 0 saturated heterocycles. The van der Waals surface area contributed by atoms with Gasteiger partial charge in [0.1, 0.15) is 0 Å². The van der Waals surface area contributed by atoms with Crippen molar-refractivity contribution in [1.29, 1.82) is 0 Å². The van der Waals surface area contributed by atoms with Crippen molar-refractivity contribution in [2.24, 2.45) is 5.92 Å². The molecule has 3 aromatic rings. The Morgan fingerprint density at radius 2 is 1.93 bits per heavy atom. The lowest BCUT2D eigenvalue weighted by molar-refractivity contribution is -0.122. The highest BCUT2D eigenvalue weighted by Crippen LogP contribution is 2.41. The van der Waals surface area contributed by atoms with Crippen molar-refractivity contribution in [3.8, 4) is 0 Å². The molecular weight excluding hydrogens is 348 g/mol. The number of H-pyrrole nitrogens is 1. The van der Waals surface area contributed by atoms with Crippen LogP contribution in [0.5, 0.6) is 0 Å². The van der Waals surface area contributed by atoms with Gasteiger partial charge in [-0.25, -0.2) is 0 Å². The maximum Gasteiger partial charge on any atom is 0.228 e. The quantitative estimate of drug-likeness (QED) is 0.726. The molecule has 1 unspecified atom stereocenters. The molecule has 2 aliphatic rings. The van der Waals surface area contributed by atoms with Gasteiger partial charge in [0, 0.05) is 29.8 Å². The molecule has 0 spiro atoms. The average Bonchev–Trinajstić information content (AvgIpc) is 3.09. The standard InChI is InChI=1S/C23H22N4O/c28-22(16-7-6-8-16)25-21-18-12-13-23(15-19(18)26-27-21,17-9-2-1-3-10-17)20-11-4-5-14-24-20/h1-5,9-14,16H,6-8,15H2,(H2,25,26,27,28). The molecule has 0 radical (unpaired) electrons. The summed E-state index contributed by atoms with van der Waals surface area (Å²) in [5.41, 5.74) is 3.80. The zero-order valence-electron chi connectivity index (χ0n) is 15.6. The van der Waals surface area contributed by atoms with Crippen molar-refractivity contribution in [3.05, 3.63) is 83.3 Å². The molecule has 140 valence electrons. The number of pyridine rings is 1. The Balaban J connectivity index is 1.52. The van der Waals surface area contributed by atoms with E-state index in [0.717, 1.165) is 36.2 Å². The summed E-state index contributed by atoms with van der Waals surface area (Å²) in [6, 6.07) is 16.4. The van der Waals surface area contributed by atoms with Crippen molar-refractivity contribution < 1.29 is 4.79 Å². The molecule has 5 nitrogen and oxygen atoms in total. The highest BCUT2D eigenvalue weighted by atomic mass is 16.2. The SMILES string of the molecule is O=C(Nc1n[nH]c2c1C=CC(c1ccccc1)(c1ccccn1)C2)C1CCC1. The molecule has 2 aliphatic carbocycles. The molecule has 5 rings (SSSR count). The van der Waals surface area contributed by atoms with Crippen LogP contribution in [0.25, 0.3) is 6.08 Å². The van der Waals surface area contributed by atoms with Gasteiger partial charge < -0.3 is 5.32 Å². The van der Waals surface area contributed by atoms with Crippen LogP contribution in [0.15, 0.2) is 60.8 Å². The Bertz CT molecular complexity index is 980. The number of hydrogen-bond acceptors (Lipinski definition) is 3. The molecule has 1 aromatic carbocycles. The number of nitrogens with one attached hydrogen (secondary N) is 2. The number of carbonyl (C=O) groups is 1. The van der Waals surface area contributed by atoms with Gasteiger partial charge in [0.25, 0.3) is 0 Å². The van der Waals surface area contributed by atoms with E-state index in [2.05, 4.69) is 63.0 Å². The summed E-state index contributed by atoms with van der Waals surface area (Å²) in [5.74, 6) is 0.848. The Morgan fingerprint density at radius 1 is 1.11 bits per heavy atom. The summed E-state index contributed by atoms with van der Waals surface area (Å²) >= 11 is 0. The van der Waals surface area contributed by atoms with E-state index < -0.39 is 0 Å². The fraction of sp³-hybridized carbons (Fsp3) is 0.261. The Labute approximate surface area is 163 Å². The van der Waals surface area contributed by atoms with E-state index in [1.165, 1.54) is 5.56 Å². The van der Waals surface area contributed by atoms with Crippen LogP contribution in [0.4, 0.5) is 5.82 Å². The van der Waals surface area contributed by atoms with Gasteiger partial charge in [-0.3, -0.25) is 14.9 Å². The number of aromatic nitrogens is 3. The Kier molecular flexibility index (Phi) is 4.08. The summed E-state index contributed by atoms with van der Waals surface area (Å²) in [6.45, 7) is 0. The molecule has 2 aromatic heterocycles. The number of amides is 1. The number of nitrogens with zero attached hydrogens (tertiary/aromatic N) is 2. The number of rotatable bonds is 4. The maximum absolute atomic E-state index is 12.3. The fourth-order valence-electron chi connectivity index (χ4n) is 4.13. The van der Waals surface area contributed by atoms with Crippen LogP contribution >= 0.6 is 0 Å². The maximum atomic E-state index is 12.3. The van der Waals surface area contributed by atoms with E-state index in [4.69, 9.17) is 0 Å². The van der Waals surface area contributed by atoms with Crippen molar-refractivity contribution >= 4 is 17.8 Å². The summed E-state index contributed by atoms with van der Waals surface area (Å²) in [6.07, 6.45) is 9.91. The van der Waals surface area contributed by atoms with E-state index in [1.54, 1.807) is 0 Å². The van der Waals surface area contributed by atoms with Gasteiger partial charge in [0.05, 0.1) is 11.1 Å². The molecule has 1 saturated carbocycles. The van der Waals surface area contributed by atoms with Crippen LogP contribution in [0.2, 0.25) is 0 Å². The van der Waals surface area contributed by atoms with Crippen LogP contribution in [-0.2, 0) is 16.6 Å². The molecule has 2 heterocycles. The normalized spacial score (nSPS) is 21.0. The van der Waals surface area contributed by atoms with Gasteiger partial charge in [-0.2, -0.15) is 5.10 Å². The third-order valence-electron chi connectivity index (χ3n) is 6.00. The van der Waals surface area contributed by atoms with Crippen LogP contribution in [0, 0.1) is 5.92 Å². The molecule has 5 heteroatoms. The predicted molar refractivity (Wildman–Crippen MR) is 109 cm³/mol. The van der Waals surface area contributed by atoms with Crippen molar-refractivity contribution in [2.45, 2.75) is 31.1 Å². The van der Waals surface area contributed by atoms with Gasteiger partial charge in [0.15, 0.2) is 5.82 Å². The lowest BCUT2D eigenvalue weighted by Crippen LogP contribution is -2.32. The number of anilines is 1. The first-order valence-corrected chi connectivity index (χ1v) is 9.81. The van der Waals surface area contributed by atoms with E-state index >= 15 is 0 Å². The van der Waals surface area contributed by atoms with Crippen molar-refractivity contribution in [1.82, 2.24) is 15.2 Å². The topological polar surface area (TPSA) is 70.7 Å². The lowest BCUT2D eigenvalue weighted by atomic mass is 9.70. The van der Waals surface area contributed by atoms with E-state index in [9.17, 15) is 4.79 Å². The highest BCUT2D eigenvalue weighted by Gasteiger charge is 2.38. The number of aromatic amines is 1. The first kappa shape index (κ1) is 16.9. The van der Waals surface area contributed by atoms with Crippen LogP contribution in [0.1, 0.15) is 41.8 Å². The molecule has 0 bridgehead atoms. The zero-order chi connectivity index (χ0) is 19.0. The number of allylic oxidation sites excluding steroid dienone is 1. The first-order valence-electron chi connectivity index (χ1n) is 9.81. The number of benzene rings is 1. The second kappa shape index (κ2) is 6.75. The van der Waals surface area contributed by atoms with Gasteiger partial charge in [-0.05, 0) is 30.5 Å². The monoisotopic (exact) mass is 370 g/mol. The second-order valence-corrected chi connectivity index (χ2v) is 7.64. The summed E-state index contributed by atoms with van der Waals surface area (Å²) in [4.78, 5) is 17.0. The number of fused-ring (bicyclic) bond motifs is 1. The van der Waals surface area contributed by atoms with E-state index in [1.807, 2.05) is 24.4 Å². The summed E-state index contributed by atoms with van der Waals surface area (Å²) < 4.78 is 0. The Hall–Kier alpha value is -3.21. The molecule has 28 heavy (non-hydrogen) atoms. The van der Waals surface area contributed by atoms with Crippen molar-refractivity contribution in [3.63, 3.8) is 0 Å². The third-order valence-corrected chi connectivity index (χ3v) is 6.00. The molecule has 1 amide bonds. The summed E-state index contributed by atoms with van der Waals surface area (Å²) in [7, 11) is 0. The molecule has 1 atom stereocenters. The lowest BCUT2D eigenvalue weighted by Gasteiger charge is -2.33. The first-order chi connectivity index (χ1) is 13.8. The van der Waals surface area contributed by atoms with E-state index in [0.29, 0.717) is 12.2 Å². The van der Waals surface area contributed by atoms with Gasteiger partial charge in [0.2, 0.25) is 5.91 Å². The minimum Gasteiger partial charge on any atom is -0.308 e. The van der Waals surface area contributed by atoms with Crippen LogP contribution < -0.4 is 5.32 Å². The molecule has 2 N–H and O–H groups in total. The van der Waals surface area contributed by atoms with Crippen LogP contribution in [0.3, 0.4) is 0 Å². The zero-order valence-corrected chi connectivity index (χ0v) is 15.6. The largest absolute Gasteiger partial charge is 0.308 e. The van der Waals surface area contributed by atoms with Gasteiger partial charge >= 0.3 is 0 Å². The number of carbonyl (C=O) groups excluding carboxylic acids is 1. The van der Waals surface area contributed by atoms with Crippen molar-refractivity contribution in [2.75, 3.05) is 5.32 Å². The minimum absolute atomic E-state index is 0.0820. The van der Waals surface area contributed by atoms with Gasteiger partial charge in [-0.15, -0.1) is 0 Å². The van der Waals surface area contributed by atoms with Crippen LogP contribution in [-0.4, -0.2) is 21.1 Å². The molecule has 0 aliphatic heterocycles. The average molecular weight is 370 g/mol. The number of hydrogen-bond donors (Lipinski definition) is 2. The fourth-order valence-corrected chi connectivity index (χ4v) is 4.13. The smallest absolute Gasteiger partial charge is 0.228 e. The summed E-state index contributed by atoms with van der Waals surface area (Å²) in [5, 5.41) is 10.6. The highest BCUT2D eigenvalue weighted by molar-refractivity contribution is 5.94. The minimum atomic E-state index is -0.364. The van der Waals surface area contributed by atoms with E-state index in [-0.39, 0.29) is 17.2 Å².